The van der Waals surface area contributed by atoms with Crippen LogP contribution < -0.4 is 4.90 Å². The Morgan fingerprint density at radius 3 is 1.38 bits per heavy atom. The molecule has 2 aliphatic heterocycles. The van der Waals surface area contributed by atoms with Crippen molar-refractivity contribution < 1.29 is 19.2 Å². The molecular weight excluding hydrogens is 649 g/mol. The summed E-state index contributed by atoms with van der Waals surface area (Å²) in [6.45, 7) is 1.16. The van der Waals surface area contributed by atoms with Crippen molar-refractivity contribution in [2.75, 3.05) is 24.6 Å². The van der Waals surface area contributed by atoms with Crippen LogP contribution in [0.2, 0.25) is 0 Å². The molecule has 0 aliphatic carbocycles. The number of anilines is 1. The Labute approximate surface area is 302 Å². The summed E-state index contributed by atoms with van der Waals surface area (Å²) in [5, 5.41) is 11.1. The molecule has 0 fully saturated rings. The number of carbonyl (C=O) groups excluding carboxylic acids is 2. The second-order valence-corrected chi connectivity index (χ2v) is 13.5. The highest BCUT2D eigenvalue weighted by Gasteiger charge is 2.50. The van der Waals surface area contributed by atoms with Gasteiger partial charge in [-0.15, -0.1) is 0 Å². The molecule has 0 saturated carbocycles. The summed E-state index contributed by atoms with van der Waals surface area (Å²) >= 11 is 0. The summed E-state index contributed by atoms with van der Waals surface area (Å²) < 4.78 is 5.78. The van der Waals surface area contributed by atoms with Crippen molar-refractivity contribution in [3.63, 3.8) is 0 Å². The van der Waals surface area contributed by atoms with E-state index in [-0.39, 0.29) is 11.3 Å². The van der Waals surface area contributed by atoms with E-state index in [1.807, 2.05) is 36.4 Å². The van der Waals surface area contributed by atoms with Crippen LogP contribution in [0.25, 0.3) is 0 Å². The lowest BCUT2D eigenvalue weighted by atomic mass is 9.59. The average molecular weight is 685 g/mol. The van der Waals surface area contributed by atoms with Gasteiger partial charge in [0.25, 0.3) is 5.69 Å². The van der Waals surface area contributed by atoms with Crippen LogP contribution in [0.15, 0.2) is 158 Å². The molecule has 52 heavy (non-hydrogen) atoms. The molecule has 0 saturated heterocycles. The standard InChI is InChI=1S/C45H36N2O5/c48-41(32-21-23-38(24-22-32)47(50)51)31-52-43(49)33-29-39-42-40(30-33)45(36-17-9-3-10-18-36,37-19-11-4-12-20-37)26-28-46(42)27-25-44(39,34-13-5-1-6-14-34)35-15-7-2-8-16-35/h1-24,29-30H,25-28,31H2. The van der Waals surface area contributed by atoms with Crippen molar-refractivity contribution in [1.82, 2.24) is 0 Å². The van der Waals surface area contributed by atoms with Crippen molar-refractivity contribution in [1.29, 1.82) is 0 Å². The van der Waals surface area contributed by atoms with E-state index in [4.69, 9.17) is 4.74 Å². The lowest BCUT2D eigenvalue weighted by molar-refractivity contribution is -0.384. The normalized spacial score (nSPS) is 15.3. The Bertz CT molecular complexity index is 2060. The van der Waals surface area contributed by atoms with Gasteiger partial charge in [0, 0.05) is 47.3 Å². The summed E-state index contributed by atoms with van der Waals surface area (Å²) in [5.74, 6) is -1.05. The Hall–Kier alpha value is -6.34. The predicted molar refractivity (Wildman–Crippen MR) is 201 cm³/mol. The molecule has 0 spiro atoms. The number of ketones is 1. The second kappa shape index (κ2) is 13.4. The van der Waals surface area contributed by atoms with Crippen molar-refractivity contribution in [2.45, 2.75) is 23.7 Å². The molecule has 7 heteroatoms. The number of Topliss-reactive ketones (excluding diaryl/α,β-unsaturated/α-hetero) is 1. The van der Waals surface area contributed by atoms with Gasteiger partial charge in [0.05, 0.1) is 10.5 Å². The summed E-state index contributed by atoms with van der Waals surface area (Å²) in [6, 6.07) is 51.3. The highest BCUT2D eigenvalue weighted by atomic mass is 16.6. The molecule has 6 aromatic rings. The predicted octanol–water partition coefficient (Wildman–Crippen LogP) is 8.92. The van der Waals surface area contributed by atoms with Crippen molar-refractivity contribution in [3.8, 4) is 0 Å². The molecule has 0 aromatic heterocycles. The minimum atomic E-state index is -0.609. The van der Waals surface area contributed by atoms with Gasteiger partial charge in [-0.3, -0.25) is 14.9 Å². The molecule has 2 aliphatic rings. The van der Waals surface area contributed by atoms with Gasteiger partial charge in [0.15, 0.2) is 12.4 Å². The van der Waals surface area contributed by atoms with Gasteiger partial charge in [-0.05, 0) is 70.5 Å². The first-order chi connectivity index (χ1) is 25.4. The van der Waals surface area contributed by atoms with Crippen molar-refractivity contribution in [2.24, 2.45) is 0 Å². The molecule has 256 valence electrons. The molecular formula is C45H36N2O5. The fraction of sp³-hybridized carbons (Fsp3) is 0.156. The smallest absolute Gasteiger partial charge is 0.338 e. The van der Waals surface area contributed by atoms with Crippen LogP contribution in [0.3, 0.4) is 0 Å². The molecule has 2 heterocycles. The number of nitro groups is 1. The summed E-state index contributed by atoms with van der Waals surface area (Å²) in [6.07, 6.45) is 1.60. The number of non-ortho nitro benzene ring substituents is 1. The molecule has 0 bridgehead atoms. The van der Waals surface area contributed by atoms with Crippen LogP contribution in [-0.2, 0) is 15.6 Å². The van der Waals surface area contributed by atoms with Gasteiger partial charge < -0.3 is 9.64 Å². The number of rotatable bonds is 9. The van der Waals surface area contributed by atoms with E-state index < -0.39 is 34.1 Å². The highest BCUT2D eigenvalue weighted by Crippen LogP contribution is 2.57. The van der Waals surface area contributed by atoms with Crippen LogP contribution in [0.4, 0.5) is 11.4 Å². The third-order valence-corrected chi connectivity index (χ3v) is 10.9. The first-order valence-electron chi connectivity index (χ1n) is 17.5. The van der Waals surface area contributed by atoms with Crippen molar-refractivity contribution >= 4 is 23.1 Å². The number of carbonyl (C=O) groups is 2. The Morgan fingerprint density at radius 1 is 0.596 bits per heavy atom. The quantitative estimate of drug-likeness (QED) is 0.0654. The van der Waals surface area contributed by atoms with Gasteiger partial charge >= 0.3 is 5.97 Å². The topological polar surface area (TPSA) is 89.8 Å². The summed E-state index contributed by atoms with van der Waals surface area (Å²) in [7, 11) is 0. The van der Waals surface area contributed by atoms with Crippen LogP contribution in [0, 0.1) is 10.1 Å². The van der Waals surface area contributed by atoms with E-state index >= 15 is 0 Å². The Kier molecular flexibility index (Phi) is 8.47. The number of nitro benzene ring substituents is 1. The summed E-state index contributed by atoms with van der Waals surface area (Å²) in [5.41, 5.74) is 7.04. The molecule has 6 aromatic carbocycles. The van der Waals surface area contributed by atoms with E-state index in [1.54, 1.807) is 0 Å². The third-order valence-electron chi connectivity index (χ3n) is 10.9. The van der Waals surface area contributed by atoms with Gasteiger partial charge in [0.1, 0.15) is 0 Å². The van der Waals surface area contributed by atoms with Gasteiger partial charge in [0.2, 0.25) is 0 Å². The van der Waals surface area contributed by atoms with Gasteiger partial charge in [-0.1, -0.05) is 121 Å². The molecule has 7 nitrogen and oxygen atoms in total. The van der Waals surface area contributed by atoms with Crippen LogP contribution in [0.1, 0.15) is 66.9 Å². The van der Waals surface area contributed by atoms with Crippen LogP contribution in [-0.4, -0.2) is 36.4 Å². The maximum atomic E-state index is 14.3. The zero-order valence-electron chi connectivity index (χ0n) is 28.5. The Balaban J connectivity index is 1.34. The van der Waals surface area contributed by atoms with Crippen LogP contribution in [0.5, 0.6) is 0 Å². The maximum Gasteiger partial charge on any atom is 0.338 e. The fourth-order valence-electron chi connectivity index (χ4n) is 8.44. The molecule has 0 unspecified atom stereocenters. The first-order valence-corrected chi connectivity index (χ1v) is 17.5. The lowest BCUT2D eigenvalue weighted by Crippen LogP contribution is -2.49. The van der Waals surface area contributed by atoms with E-state index in [2.05, 4.69) is 102 Å². The van der Waals surface area contributed by atoms with E-state index in [0.29, 0.717) is 5.56 Å². The Morgan fingerprint density at radius 2 is 1.00 bits per heavy atom. The van der Waals surface area contributed by atoms with Crippen LogP contribution >= 0.6 is 0 Å². The molecule has 0 radical (unpaired) electrons. The number of ether oxygens (including phenoxy) is 1. The number of esters is 1. The monoisotopic (exact) mass is 684 g/mol. The number of nitrogens with zero attached hydrogens (tertiary/aromatic N) is 2. The van der Waals surface area contributed by atoms with E-state index in [0.717, 1.165) is 65.0 Å². The second-order valence-electron chi connectivity index (χ2n) is 13.5. The zero-order valence-corrected chi connectivity index (χ0v) is 28.5. The molecule has 0 atom stereocenters. The number of hydrogen-bond acceptors (Lipinski definition) is 6. The number of benzene rings is 6. The fourth-order valence-corrected chi connectivity index (χ4v) is 8.44. The minimum absolute atomic E-state index is 0.119. The van der Waals surface area contributed by atoms with Crippen molar-refractivity contribution in [3.05, 3.63) is 212 Å². The van der Waals surface area contributed by atoms with E-state index in [9.17, 15) is 19.7 Å². The first kappa shape index (κ1) is 32.8. The average Bonchev–Trinajstić information content (AvgIpc) is 3.21. The molecule has 8 rings (SSSR count). The zero-order chi connectivity index (χ0) is 35.7. The highest BCUT2D eigenvalue weighted by molar-refractivity contribution is 6.00. The van der Waals surface area contributed by atoms with E-state index in [1.165, 1.54) is 24.3 Å². The lowest BCUT2D eigenvalue weighted by Gasteiger charge is -2.52. The van der Waals surface area contributed by atoms with Gasteiger partial charge in [-0.25, -0.2) is 4.79 Å². The molecule has 0 N–H and O–H groups in total. The summed E-state index contributed by atoms with van der Waals surface area (Å²) in [4.78, 5) is 40.5. The third kappa shape index (κ3) is 5.46. The maximum absolute atomic E-state index is 14.3. The van der Waals surface area contributed by atoms with Gasteiger partial charge in [-0.2, -0.15) is 0 Å². The number of hydrogen-bond donors (Lipinski definition) is 0. The SMILES string of the molecule is O=C(COC(=O)c1cc2c3c(c1)C(c1ccccc1)(c1ccccc1)CCN3CCC2(c1ccccc1)c1ccccc1)c1ccc([N+](=O)[O-])cc1. The largest absolute Gasteiger partial charge is 0.454 e. The molecule has 0 amide bonds. The minimum Gasteiger partial charge on any atom is -0.454 e.